The molecule has 0 saturated carbocycles. The van der Waals surface area contributed by atoms with Gasteiger partial charge in [0, 0.05) is 31.4 Å². The van der Waals surface area contributed by atoms with Gasteiger partial charge in [-0.05, 0) is 32.1 Å². The number of aliphatic hydroxyl groups is 1. The summed E-state index contributed by atoms with van der Waals surface area (Å²) >= 11 is 0. The number of hydrogen-bond acceptors (Lipinski definition) is 4. The summed E-state index contributed by atoms with van der Waals surface area (Å²) in [4.78, 5) is 19.1. The van der Waals surface area contributed by atoms with E-state index in [0.717, 1.165) is 38.3 Å². The zero-order valence-electron chi connectivity index (χ0n) is 11.5. The lowest BCUT2D eigenvalue weighted by Gasteiger charge is -2.36. The molecule has 1 aromatic rings. The second-order valence-corrected chi connectivity index (χ2v) is 6.15. The van der Waals surface area contributed by atoms with E-state index in [4.69, 9.17) is 0 Å². The molecule has 20 heavy (non-hydrogen) atoms. The van der Waals surface area contributed by atoms with Crippen molar-refractivity contribution in [1.82, 2.24) is 14.5 Å². The minimum absolute atomic E-state index is 0.0353. The second-order valence-electron chi connectivity index (χ2n) is 6.15. The Morgan fingerprint density at radius 2 is 2.10 bits per heavy atom. The molecule has 6 heteroatoms. The lowest BCUT2D eigenvalue weighted by atomic mass is 9.99. The monoisotopic (exact) mass is 276 g/mol. The molecular formula is C14H20N4O2. The Morgan fingerprint density at radius 3 is 2.80 bits per heavy atom. The van der Waals surface area contributed by atoms with Crippen molar-refractivity contribution in [2.75, 3.05) is 11.9 Å². The standard InChI is InChI=1S/C14H20N4O2/c19-11-6-9-2-3-10(7-11)18(9)13(20)12-8-17-5-1-4-15-14(17)16-12/h8-11,19H,1-7H2,(H,15,16). The molecule has 6 nitrogen and oxygen atoms in total. The summed E-state index contributed by atoms with van der Waals surface area (Å²) in [6, 6.07) is 0.394. The molecule has 0 spiro atoms. The third-order valence-electron chi connectivity index (χ3n) is 4.80. The Balaban J connectivity index is 1.60. The van der Waals surface area contributed by atoms with E-state index in [-0.39, 0.29) is 24.1 Å². The summed E-state index contributed by atoms with van der Waals surface area (Å²) in [5.74, 6) is 0.845. The lowest BCUT2D eigenvalue weighted by Crippen LogP contribution is -2.48. The molecular weight excluding hydrogens is 256 g/mol. The van der Waals surface area contributed by atoms with Crippen LogP contribution in [-0.4, -0.2) is 50.2 Å². The molecule has 2 atom stereocenters. The smallest absolute Gasteiger partial charge is 0.274 e. The van der Waals surface area contributed by atoms with E-state index in [1.54, 1.807) is 0 Å². The number of rotatable bonds is 1. The molecule has 0 aliphatic carbocycles. The maximum atomic E-state index is 12.7. The fourth-order valence-electron chi connectivity index (χ4n) is 3.89. The van der Waals surface area contributed by atoms with Crippen molar-refractivity contribution in [3.63, 3.8) is 0 Å². The number of nitrogens with zero attached hydrogens (tertiary/aromatic N) is 3. The van der Waals surface area contributed by atoms with Gasteiger partial charge in [0.2, 0.25) is 5.95 Å². The Hall–Kier alpha value is -1.56. The molecule has 2 N–H and O–H groups in total. The van der Waals surface area contributed by atoms with Crippen LogP contribution in [-0.2, 0) is 6.54 Å². The highest BCUT2D eigenvalue weighted by Crippen LogP contribution is 2.36. The normalized spacial score (nSPS) is 31.9. The van der Waals surface area contributed by atoms with Crippen LogP contribution < -0.4 is 5.32 Å². The second kappa shape index (κ2) is 4.48. The van der Waals surface area contributed by atoms with Crippen LogP contribution in [0.4, 0.5) is 5.95 Å². The Bertz CT molecular complexity index is 504. The van der Waals surface area contributed by atoms with Crippen LogP contribution in [0.1, 0.15) is 42.6 Å². The third-order valence-corrected chi connectivity index (χ3v) is 4.80. The van der Waals surface area contributed by atoms with E-state index in [0.29, 0.717) is 18.5 Å². The number of hydrogen-bond donors (Lipinski definition) is 2. The largest absolute Gasteiger partial charge is 0.393 e. The fraction of sp³-hybridized carbons (Fsp3) is 0.714. The van der Waals surface area contributed by atoms with Gasteiger partial charge in [-0.3, -0.25) is 4.79 Å². The summed E-state index contributed by atoms with van der Waals surface area (Å²) in [5.41, 5.74) is 0.544. The Kier molecular flexibility index (Phi) is 2.73. The number of aliphatic hydroxyl groups excluding tert-OH is 1. The van der Waals surface area contributed by atoms with E-state index in [9.17, 15) is 9.90 Å². The summed E-state index contributed by atoms with van der Waals surface area (Å²) in [5, 5.41) is 13.1. The van der Waals surface area contributed by atoms with Crippen LogP contribution >= 0.6 is 0 Å². The van der Waals surface area contributed by atoms with Gasteiger partial charge in [-0.1, -0.05) is 0 Å². The van der Waals surface area contributed by atoms with Gasteiger partial charge < -0.3 is 19.9 Å². The van der Waals surface area contributed by atoms with Gasteiger partial charge in [-0.15, -0.1) is 0 Å². The summed E-state index contributed by atoms with van der Waals surface area (Å²) < 4.78 is 2.03. The maximum Gasteiger partial charge on any atom is 0.274 e. The van der Waals surface area contributed by atoms with Crippen LogP contribution in [0.2, 0.25) is 0 Å². The van der Waals surface area contributed by atoms with E-state index in [1.165, 1.54) is 0 Å². The highest BCUT2D eigenvalue weighted by molar-refractivity contribution is 5.93. The summed E-state index contributed by atoms with van der Waals surface area (Å²) in [7, 11) is 0. The van der Waals surface area contributed by atoms with Gasteiger partial charge in [-0.25, -0.2) is 4.98 Å². The van der Waals surface area contributed by atoms with Crippen molar-refractivity contribution in [2.24, 2.45) is 0 Å². The lowest BCUT2D eigenvalue weighted by molar-refractivity contribution is 0.0283. The molecule has 108 valence electrons. The zero-order chi connectivity index (χ0) is 13.7. The van der Waals surface area contributed by atoms with Gasteiger partial charge in [0.15, 0.2) is 0 Å². The molecule has 3 aliphatic rings. The minimum Gasteiger partial charge on any atom is -0.393 e. The van der Waals surface area contributed by atoms with E-state index >= 15 is 0 Å². The fourth-order valence-corrected chi connectivity index (χ4v) is 3.89. The van der Waals surface area contributed by atoms with Crippen molar-refractivity contribution in [3.8, 4) is 0 Å². The number of nitrogens with one attached hydrogen (secondary N) is 1. The topological polar surface area (TPSA) is 70.4 Å². The van der Waals surface area contributed by atoms with Gasteiger partial charge >= 0.3 is 0 Å². The number of aryl methyl sites for hydroxylation is 1. The van der Waals surface area contributed by atoms with Gasteiger partial charge in [0.25, 0.3) is 5.91 Å². The van der Waals surface area contributed by atoms with E-state index in [1.807, 2.05) is 15.7 Å². The first-order valence-electron chi connectivity index (χ1n) is 7.54. The van der Waals surface area contributed by atoms with Crippen LogP contribution in [0, 0.1) is 0 Å². The number of aromatic nitrogens is 2. The molecule has 1 aromatic heterocycles. The highest BCUT2D eigenvalue weighted by Gasteiger charge is 2.43. The van der Waals surface area contributed by atoms with Crippen molar-refractivity contribution in [3.05, 3.63) is 11.9 Å². The molecule has 4 rings (SSSR count). The average molecular weight is 276 g/mol. The highest BCUT2D eigenvalue weighted by atomic mass is 16.3. The van der Waals surface area contributed by atoms with Crippen molar-refractivity contribution >= 4 is 11.9 Å². The number of anilines is 1. The number of imidazole rings is 1. The number of carbonyl (C=O) groups excluding carboxylic acids is 1. The van der Waals surface area contributed by atoms with Crippen LogP contribution in [0.25, 0.3) is 0 Å². The van der Waals surface area contributed by atoms with E-state index < -0.39 is 0 Å². The van der Waals surface area contributed by atoms with E-state index in [2.05, 4.69) is 10.3 Å². The van der Waals surface area contributed by atoms with Gasteiger partial charge in [0.1, 0.15) is 5.69 Å². The quantitative estimate of drug-likeness (QED) is 0.797. The summed E-state index contributed by atoms with van der Waals surface area (Å²) in [6.07, 6.45) is 6.15. The third kappa shape index (κ3) is 1.82. The number of fused-ring (bicyclic) bond motifs is 3. The zero-order valence-corrected chi connectivity index (χ0v) is 11.5. The molecule has 1 amide bonds. The number of carbonyl (C=O) groups is 1. The summed E-state index contributed by atoms with van der Waals surface area (Å²) in [6.45, 7) is 1.85. The molecule has 2 fully saturated rings. The number of amides is 1. The SMILES string of the molecule is O=C(c1cn2c(n1)NCCC2)N1C2CCC1CC(O)C2. The first-order chi connectivity index (χ1) is 9.72. The predicted octanol–water partition coefficient (Wildman–Crippen LogP) is 0.827. The molecule has 2 bridgehead atoms. The van der Waals surface area contributed by atoms with Crippen LogP contribution in [0.15, 0.2) is 6.20 Å². The van der Waals surface area contributed by atoms with Crippen LogP contribution in [0.3, 0.4) is 0 Å². The number of piperidine rings is 1. The first-order valence-corrected chi connectivity index (χ1v) is 7.54. The van der Waals surface area contributed by atoms with Crippen molar-refractivity contribution in [2.45, 2.75) is 56.8 Å². The molecule has 0 aromatic carbocycles. The molecule has 2 unspecified atom stereocenters. The molecule has 3 aliphatic heterocycles. The Labute approximate surface area is 117 Å². The van der Waals surface area contributed by atoms with Crippen molar-refractivity contribution in [1.29, 1.82) is 0 Å². The van der Waals surface area contributed by atoms with Crippen molar-refractivity contribution < 1.29 is 9.90 Å². The van der Waals surface area contributed by atoms with Gasteiger partial charge in [0.05, 0.1) is 6.10 Å². The molecule has 4 heterocycles. The van der Waals surface area contributed by atoms with Gasteiger partial charge in [-0.2, -0.15) is 0 Å². The predicted molar refractivity (Wildman–Crippen MR) is 73.6 cm³/mol. The average Bonchev–Trinajstić information content (AvgIpc) is 2.98. The maximum absolute atomic E-state index is 12.7. The van der Waals surface area contributed by atoms with Crippen LogP contribution in [0.5, 0.6) is 0 Å². The first kappa shape index (κ1) is 12.2. The Morgan fingerprint density at radius 1 is 1.35 bits per heavy atom. The molecule has 2 saturated heterocycles. The molecule has 0 radical (unpaired) electrons. The minimum atomic E-state index is -0.242.